The predicted molar refractivity (Wildman–Crippen MR) is 195 cm³/mol. The van der Waals surface area contributed by atoms with E-state index in [1.165, 1.54) is 6.92 Å². The third-order valence-electron chi connectivity index (χ3n) is 8.38. The lowest BCUT2D eigenvalue weighted by atomic mass is 9.64. The molecule has 1 aromatic carbocycles. The fraction of sp³-hybridized carbons (Fsp3) is 0.718. The van der Waals surface area contributed by atoms with Crippen molar-refractivity contribution in [2.75, 3.05) is 47.3 Å². The minimum absolute atomic E-state index is 0.0400. The van der Waals surface area contributed by atoms with Gasteiger partial charge < -0.3 is 38.5 Å². The Kier molecular flexibility index (Phi) is 19.8. The maximum Gasteiger partial charge on any atom is 0.408 e. The van der Waals surface area contributed by atoms with Gasteiger partial charge in [0.25, 0.3) is 0 Å². The molecule has 52 heavy (non-hydrogen) atoms. The summed E-state index contributed by atoms with van der Waals surface area (Å²) in [5, 5.41) is 2.66. The Morgan fingerprint density at radius 2 is 1.42 bits per heavy atom. The van der Waals surface area contributed by atoms with E-state index in [2.05, 4.69) is 5.32 Å². The molecular weight excluding hydrogens is 674 g/mol. The van der Waals surface area contributed by atoms with E-state index >= 15 is 4.79 Å². The number of benzene rings is 1. The molecule has 0 bridgehead atoms. The Morgan fingerprint density at radius 1 is 0.788 bits per heavy atom. The number of nitrogens with one attached hydrogen (secondary N) is 1. The molecule has 296 valence electrons. The highest BCUT2D eigenvalue weighted by Crippen LogP contribution is 2.41. The first kappa shape index (κ1) is 46.2. The van der Waals surface area contributed by atoms with Gasteiger partial charge in [-0.1, -0.05) is 40.7 Å². The largest absolute Gasteiger partial charge is 0.493 e. The van der Waals surface area contributed by atoms with Crippen LogP contribution in [0.25, 0.3) is 0 Å². The van der Waals surface area contributed by atoms with E-state index in [1.54, 1.807) is 68.8 Å². The second-order valence-corrected chi connectivity index (χ2v) is 14.3. The van der Waals surface area contributed by atoms with Gasteiger partial charge in [-0.2, -0.15) is 0 Å². The first-order chi connectivity index (χ1) is 24.4. The Labute approximate surface area is 310 Å². The van der Waals surface area contributed by atoms with E-state index in [-0.39, 0.29) is 38.1 Å². The van der Waals surface area contributed by atoms with Crippen molar-refractivity contribution < 1.29 is 57.1 Å². The molecule has 0 aliphatic carbocycles. The van der Waals surface area contributed by atoms with Crippen molar-refractivity contribution in [1.29, 1.82) is 0 Å². The third kappa shape index (κ3) is 13.3. The fourth-order valence-corrected chi connectivity index (χ4v) is 5.93. The van der Waals surface area contributed by atoms with Crippen LogP contribution in [0.3, 0.4) is 0 Å². The molecule has 0 aromatic heterocycles. The average molecular weight is 738 g/mol. The van der Waals surface area contributed by atoms with Crippen LogP contribution in [0.1, 0.15) is 94.1 Å². The van der Waals surface area contributed by atoms with Crippen molar-refractivity contribution >= 4 is 29.8 Å². The van der Waals surface area contributed by atoms with Crippen molar-refractivity contribution in [2.45, 2.75) is 107 Å². The lowest BCUT2D eigenvalue weighted by molar-refractivity contribution is -0.188. The summed E-state index contributed by atoms with van der Waals surface area (Å²) in [6.07, 6.45) is 0.474. The monoisotopic (exact) mass is 737 g/mol. The summed E-state index contributed by atoms with van der Waals surface area (Å²) >= 11 is 0. The third-order valence-corrected chi connectivity index (χ3v) is 8.38. The summed E-state index contributed by atoms with van der Waals surface area (Å²) in [7, 11) is 3.17. The van der Waals surface area contributed by atoms with Crippen LogP contribution >= 0.6 is 0 Å². The quantitative estimate of drug-likeness (QED) is 0.0594. The molecule has 13 nitrogen and oxygen atoms in total. The van der Waals surface area contributed by atoms with Crippen LogP contribution in [0.2, 0.25) is 0 Å². The van der Waals surface area contributed by atoms with E-state index in [4.69, 9.17) is 33.2 Å². The van der Waals surface area contributed by atoms with E-state index in [1.807, 2.05) is 26.0 Å². The standard InChI is InChI=1S/C39H63NO12/c1-13-19-51-36(44)39(35(43)49-15-3,32(26(6)7)34(42)48-14-2)33(41)29(40-37(45)52-38(8,9)10)24-28(25(4)5)22-27-17-18-30(47-12)31(23-27)50-21-16-20-46-11/h17-18,23,25-26,28-29,32H,13-16,19-22,24H2,1-12H3,(H,40,45)/t28-,29-,32+,39?/m0/s1. The normalized spacial score (nSPS) is 14.4. The van der Waals surface area contributed by atoms with Crippen LogP contribution in [-0.4, -0.2) is 88.7 Å². The molecule has 0 radical (unpaired) electrons. The number of carbonyl (C=O) groups is 5. The van der Waals surface area contributed by atoms with E-state index in [9.17, 15) is 19.2 Å². The minimum Gasteiger partial charge on any atom is -0.493 e. The number of ketones is 1. The van der Waals surface area contributed by atoms with E-state index in [0.717, 1.165) is 5.56 Å². The number of ether oxygens (including phenoxy) is 7. The van der Waals surface area contributed by atoms with Crippen molar-refractivity contribution in [3.8, 4) is 11.5 Å². The zero-order valence-corrected chi connectivity index (χ0v) is 33.4. The van der Waals surface area contributed by atoms with Gasteiger partial charge in [0.15, 0.2) is 17.3 Å². The van der Waals surface area contributed by atoms with Gasteiger partial charge in [0, 0.05) is 20.1 Å². The van der Waals surface area contributed by atoms with Crippen LogP contribution in [0.5, 0.6) is 11.5 Å². The summed E-state index contributed by atoms with van der Waals surface area (Å²) in [4.78, 5) is 70.8. The smallest absolute Gasteiger partial charge is 0.408 e. The van der Waals surface area contributed by atoms with Crippen molar-refractivity contribution in [3.05, 3.63) is 23.8 Å². The molecule has 1 unspecified atom stereocenters. The van der Waals surface area contributed by atoms with Crippen LogP contribution in [0.4, 0.5) is 4.79 Å². The summed E-state index contributed by atoms with van der Waals surface area (Å²) in [5.41, 5.74) is -2.90. The van der Waals surface area contributed by atoms with Gasteiger partial charge in [0.1, 0.15) is 5.60 Å². The zero-order valence-electron chi connectivity index (χ0n) is 33.4. The molecule has 0 saturated carbocycles. The van der Waals surface area contributed by atoms with E-state index in [0.29, 0.717) is 44.0 Å². The van der Waals surface area contributed by atoms with Gasteiger partial charge >= 0.3 is 24.0 Å². The molecule has 1 N–H and O–H groups in total. The number of carbonyl (C=O) groups excluding carboxylic acids is 5. The Hall–Kier alpha value is -3.87. The highest BCUT2D eigenvalue weighted by molar-refractivity contribution is 6.24. The number of Topliss-reactive ketones (excluding diaryl/α,β-unsaturated/α-hetero) is 1. The van der Waals surface area contributed by atoms with E-state index < -0.39 is 58.7 Å². The second kappa shape index (κ2) is 22.3. The molecule has 0 aliphatic heterocycles. The first-order valence-corrected chi connectivity index (χ1v) is 18.3. The number of rotatable bonds is 23. The molecule has 0 aliphatic rings. The maximum absolute atomic E-state index is 15.2. The van der Waals surface area contributed by atoms with Gasteiger partial charge in [0.2, 0.25) is 5.41 Å². The van der Waals surface area contributed by atoms with Crippen molar-refractivity contribution in [1.82, 2.24) is 5.32 Å². The number of methoxy groups -OCH3 is 2. The molecule has 0 saturated heterocycles. The van der Waals surface area contributed by atoms with Crippen LogP contribution in [0, 0.1) is 29.1 Å². The summed E-state index contributed by atoms with van der Waals surface area (Å²) in [6, 6.07) is 4.04. The fourth-order valence-electron chi connectivity index (χ4n) is 5.93. The van der Waals surface area contributed by atoms with Gasteiger partial charge in [-0.05, 0) is 89.3 Å². The molecule has 1 aromatic rings. The highest BCUT2D eigenvalue weighted by atomic mass is 16.6. The lowest BCUT2D eigenvalue weighted by Gasteiger charge is -2.38. The molecule has 0 fully saturated rings. The molecule has 1 rings (SSSR count). The first-order valence-electron chi connectivity index (χ1n) is 18.3. The number of esters is 3. The molecule has 1 amide bonds. The molecule has 4 atom stereocenters. The Balaban J connectivity index is 3.97. The molecule has 13 heteroatoms. The molecular formula is C39H63NO12. The van der Waals surface area contributed by atoms with Crippen molar-refractivity contribution in [2.24, 2.45) is 29.1 Å². The Morgan fingerprint density at radius 3 is 1.94 bits per heavy atom. The minimum atomic E-state index is -2.81. The zero-order chi connectivity index (χ0) is 39.6. The molecule has 0 spiro atoms. The maximum atomic E-state index is 15.2. The van der Waals surface area contributed by atoms with Gasteiger partial charge in [0.05, 0.1) is 45.5 Å². The van der Waals surface area contributed by atoms with Gasteiger partial charge in [-0.25, -0.2) is 4.79 Å². The summed E-state index contributed by atoms with van der Waals surface area (Å²) < 4.78 is 38.5. The number of hydrogen-bond donors (Lipinski definition) is 1. The lowest BCUT2D eigenvalue weighted by Crippen LogP contribution is -2.63. The summed E-state index contributed by atoms with van der Waals surface area (Å²) in [5.74, 6) is -6.20. The SMILES string of the molecule is CCCOC(=O)C(C(=O)OCC)(C(=O)[C@H](C[C@H](Cc1ccc(OC)c(OCCCOC)c1)C(C)C)NC(=O)OC(C)(C)C)[C@@H](C(=O)OCC)C(C)C. The van der Waals surface area contributed by atoms with Crippen LogP contribution in [-0.2, 0) is 49.3 Å². The number of hydrogen-bond acceptors (Lipinski definition) is 12. The predicted octanol–water partition coefficient (Wildman–Crippen LogP) is 6.12. The topological polar surface area (TPSA) is 162 Å². The van der Waals surface area contributed by atoms with Gasteiger partial charge in [-0.15, -0.1) is 0 Å². The Bertz CT molecular complexity index is 1300. The number of amides is 1. The van der Waals surface area contributed by atoms with Crippen LogP contribution < -0.4 is 14.8 Å². The second-order valence-electron chi connectivity index (χ2n) is 14.3. The molecule has 0 heterocycles. The van der Waals surface area contributed by atoms with Crippen molar-refractivity contribution in [3.63, 3.8) is 0 Å². The number of alkyl carbamates (subject to hydrolysis) is 1. The highest BCUT2D eigenvalue weighted by Gasteiger charge is 2.66. The van der Waals surface area contributed by atoms with Gasteiger partial charge in [-0.3, -0.25) is 19.2 Å². The average Bonchev–Trinajstić information content (AvgIpc) is 3.06. The van der Waals surface area contributed by atoms with Crippen LogP contribution in [0.15, 0.2) is 18.2 Å². The summed E-state index contributed by atoms with van der Waals surface area (Å²) in [6.45, 7) is 17.5.